The molecule has 16 heavy (non-hydrogen) atoms. The van der Waals surface area contributed by atoms with Gasteiger partial charge in [0.2, 0.25) is 0 Å². The second kappa shape index (κ2) is 5.77. The van der Waals surface area contributed by atoms with E-state index in [0.29, 0.717) is 0 Å². The van der Waals surface area contributed by atoms with Crippen LogP contribution < -0.4 is 5.32 Å². The molecule has 1 aromatic heterocycles. The Balaban J connectivity index is 2.63. The van der Waals surface area contributed by atoms with Crippen LogP contribution in [0.25, 0.3) is 0 Å². The third kappa shape index (κ3) is 3.28. The first kappa shape index (κ1) is 13.6. The predicted octanol–water partition coefficient (Wildman–Crippen LogP) is 2.24. The molecule has 0 aromatic carbocycles. The molecule has 1 N–H and O–H groups in total. The normalized spacial score (nSPS) is 12.1. The molecule has 0 bridgehead atoms. The number of nitrogens with one attached hydrogen (secondary N) is 1. The predicted molar refractivity (Wildman–Crippen MR) is 69.5 cm³/mol. The van der Waals surface area contributed by atoms with Crippen LogP contribution in [0, 0.1) is 0 Å². The molecule has 92 valence electrons. The third-order valence-electron chi connectivity index (χ3n) is 2.78. The lowest BCUT2D eigenvalue weighted by Crippen LogP contribution is -2.28. The van der Waals surface area contributed by atoms with Crippen molar-refractivity contribution < 1.29 is 0 Å². The average molecular weight is 289 g/mol. The number of hydrogen-bond donors (Lipinski definition) is 1. The lowest BCUT2D eigenvalue weighted by molar-refractivity contribution is 0.424. The fourth-order valence-electron chi connectivity index (χ4n) is 1.87. The summed E-state index contributed by atoms with van der Waals surface area (Å²) in [5.74, 6) is 0. The zero-order valence-corrected chi connectivity index (χ0v) is 12.1. The van der Waals surface area contributed by atoms with Crippen molar-refractivity contribution in [3.63, 3.8) is 0 Å². The Morgan fingerprint density at radius 3 is 2.56 bits per heavy atom. The van der Waals surface area contributed by atoms with Crippen molar-refractivity contribution in [2.75, 3.05) is 13.1 Å². The van der Waals surface area contributed by atoms with E-state index in [1.807, 2.05) is 11.7 Å². The van der Waals surface area contributed by atoms with E-state index in [2.05, 4.69) is 52.3 Å². The highest BCUT2D eigenvalue weighted by Gasteiger charge is 2.27. The second-order valence-electron chi connectivity index (χ2n) is 4.74. The topological polar surface area (TPSA) is 42.7 Å². The van der Waals surface area contributed by atoms with Gasteiger partial charge in [0.15, 0.2) is 4.60 Å². The van der Waals surface area contributed by atoms with Crippen LogP contribution in [0.15, 0.2) is 4.60 Å². The maximum absolute atomic E-state index is 4.04. The molecule has 0 atom stereocenters. The molecular weight excluding hydrogens is 268 g/mol. The van der Waals surface area contributed by atoms with Crippen molar-refractivity contribution in [3.8, 4) is 0 Å². The van der Waals surface area contributed by atoms with Gasteiger partial charge in [-0.25, -0.2) is 0 Å². The first-order chi connectivity index (χ1) is 7.49. The summed E-state index contributed by atoms with van der Waals surface area (Å²) in [6, 6.07) is 0. The standard InChI is InChI=1S/C11H21BrN4/c1-5-7-13-8-6-11(2,3)9-10(12)14-15-16(9)4/h13H,5-8H2,1-4H3. The molecule has 0 spiro atoms. The fraction of sp³-hybridized carbons (Fsp3) is 0.818. The summed E-state index contributed by atoms with van der Waals surface area (Å²) in [5.41, 5.74) is 1.24. The Labute approximate surface area is 106 Å². The van der Waals surface area contributed by atoms with Gasteiger partial charge < -0.3 is 5.32 Å². The summed E-state index contributed by atoms with van der Waals surface area (Å²) in [6.45, 7) is 8.74. The second-order valence-corrected chi connectivity index (χ2v) is 5.49. The molecule has 0 saturated carbocycles. The lowest BCUT2D eigenvalue weighted by Gasteiger charge is -2.24. The number of nitrogens with zero attached hydrogens (tertiary/aromatic N) is 3. The summed E-state index contributed by atoms with van der Waals surface area (Å²) < 4.78 is 2.71. The monoisotopic (exact) mass is 288 g/mol. The van der Waals surface area contributed by atoms with Gasteiger partial charge in [0, 0.05) is 12.5 Å². The van der Waals surface area contributed by atoms with Gasteiger partial charge >= 0.3 is 0 Å². The molecule has 1 rings (SSSR count). The third-order valence-corrected chi connectivity index (χ3v) is 3.31. The van der Waals surface area contributed by atoms with Crippen molar-refractivity contribution in [1.29, 1.82) is 0 Å². The Morgan fingerprint density at radius 2 is 2.06 bits per heavy atom. The van der Waals surface area contributed by atoms with Crippen LogP contribution >= 0.6 is 15.9 Å². The summed E-state index contributed by atoms with van der Waals surface area (Å²) in [6.07, 6.45) is 2.25. The highest BCUT2D eigenvalue weighted by Crippen LogP contribution is 2.30. The Morgan fingerprint density at radius 1 is 1.38 bits per heavy atom. The largest absolute Gasteiger partial charge is 0.317 e. The number of halogens is 1. The average Bonchev–Trinajstić information content (AvgIpc) is 2.54. The molecule has 5 heteroatoms. The van der Waals surface area contributed by atoms with E-state index in [1.54, 1.807) is 0 Å². The number of hydrogen-bond acceptors (Lipinski definition) is 3. The SMILES string of the molecule is CCCNCCC(C)(C)c1c(Br)nnn1C. The van der Waals surface area contributed by atoms with Gasteiger partial charge in [-0.2, -0.15) is 0 Å². The molecule has 1 aromatic rings. The number of aromatic nitrogens is 3. The Bertz CT molecular complexity index is 313. The first-order valence-electron chi connectivity index (χ1n) is 5.75. The molecule has 1 heterocycles. The van der Waals surface area contributed by atoms with Crippen molar-refractivity contribution >= 4 is 15.9 Å². The van der Waals surface area contributed by atoms with Gasteiger partial charge in [-0.3, -0.25) is 4.68 Å². The Kier molecular flexibility index (Phi) is 4.92. The van der Waals surface area contributed by atoms with Gasteiger partial charge in [0.25, 0.3) is 0 Å². The maximum Gasteiger partial charge on any atom is 0.152 e. The van der Waals surface area contributed by atoms with Gasteiger partial charge in [0.1, 0.15) is 0 Å². The van der Waals surface area contributed by atoms with Gasteiger partial charge in [-0.1, -0.05) is 26.0 Å². The van der Waals surface area contributed by atoms with Crippen molar-refractivity contribution in [3.05, 3.63) is 10.3 Å². The number of aryl methyl sites for hydroxylation is 1. The van der Waals surface area contributed by atoms with Crippen LogP contribution in [0.3, 0.4) is 0 Å². The first-order valence-corrected chi connectivity index (χ1v) is 6.54. The summed E-state index contributed by atoms with van der Waals surface area (Å²) in [4.78, 5) is 0. The van der Waals surface area contributed by atoms with Crippen LogP contribution in [-0.2, 0) is 12.5 Å². The molecule has 0 aliphatic rings. The van der Waals surface area contributed by atoms with Gasteiger partial charge in [-0.05, 0) is 41.9 Å². The van der Waals surface area contributed by atoms with E-state index >= 15 is 0 Å². The smallest absolute Gasteiger partial charge is 0.152 e. The summed E-state index contributed by atoms with van der Waals surface area (Å²) in [7, 11) is 1.94. The van der Waals surface area contributed by atoms with E-state index < -0.39 is 0 Å². The zero-order chi connectivity index (χ0) is 12.2. The van der Waals surface area contributed by atoms with Gasteiger partial charge in [0.05, 0.1) is 5.69 Å². The summed E-state index contributed by atoms with van der Waals surface area (Å²) >= 11 is 3.46. The van der Waals surface area contributed by atoms with E-state index in [0.717, 1.165) is 29.8 Å². The maximum atomic E-state index is 4.04. The van der Waals surface area contributed by atoms with Crippen LogP contribution in [0.1, 0.15) is 39.3 Å². The minimum atomic E-state index is 0.0812. The minimum Gasteiger partial charge on any atom is -0.317 e. The molecule has 4 nitrogen and oxygen atoms in total. The van der Waals surface area contributed by atoms with Crippen LogP contribution in [-0.4, -0.2) is 28.1 Å². The molecule has 0 radical (unpaired) electrons. The molecule has 0 amide bonds. The van der Waals surface area contributed by atoms with Crippen molar-refractivity contribution in [2.24, 2.45) is 7.05 Å². The van der Waals surface area contributed by atoms with E-state index in [9.17, 15) is 0 Å². The molecule has 0 unspecified atom stereocenters. The van der Waals surface area contributed by atoms with Crippen LogP contribution in [0.4, 0.5) is 0 Å². The molecule has 0 saturated heterocycles. The molecular formula is C11H21BrN4. The van der Waals surface area contributed by atoms with Crippen LogP contribution in [0.5, 0.6) is 0 Å². The van der Waals surface area contributed by atoms with E-state index in [1.165, 1.54) is 6.42 Å². The zero-order valence-electron chi connectivity index (χ0n) is 10.5. The fourth-order valence-corrected chi connectivity index (χ4v) is 2.73. The minimum absolute atomic E-state index is 0.0812. The van der Waals surface area contributed by atoms with Crippen molar-refractivity contribution in [1.82, 2.24) is 20.3 Å². The highest BCUT2D eigenvalue weighted by atomic mass is 79.9. The van der Waals surface area contributed by atoms with Crippen molar-refractivity contribution in [2.45, 2.75) is 39.0 Å². The lowest BCUT2D eigenvalue weighted by atomic mass is 9.86. The summed E-state index contributed by atoms with van der Waals surface area (Å²) in [5, 5.41) is 11.5. The molecule has 0 aliphatic heterocycles. The van der Waals surface area contributed by atoms with E-state index in [4.69, 9.17) is 0 Å². The quantitative estimate of drug-likeness (QED) is 0.817. The van der Waals surface area contributed by atoms with Crippen LogP contribution in [0.2, 0.25) is 0 Å². The van der Waals surface area contributed by atoms with Gasteiger partial charge in [-0.15, -0.1) is 5.10 Å². The highest BCUT2D eigenvalue weighted by molar-refractivity contribution is 9.10. The molecule has 0 aliphatic carbocycles. The Hall–Kier alpha value is -0.420. The number of rotatable bonds is 6. The van der Waals surface area contributed by atoms with E-state index in [-0.39, 0.29) is 5.41 Å². The molecule has 0 fully saturated rings.